The second-order valence-electron chi connectivity index (χ2n) is 4.43. The number of carboxylic acids is 1. The number of ether oxygens (including phenoxy) is 1. The molecule has 1 aliphatic heterocycles. The van der Waals surface area contributed by atoms with E-state index in [4.69, 9.17) is 21.4 Å². The molecule has 0 aromatic heterocycles. The summed E-state index contributed by atoms with van der Waals surface area (Å²) in [6.45, 7) is 1.80. The van der Waals surface area contributed by atoms with Gasteiger partial charge in [0.25, 0.3) is 5.91 Å². The molecule has 5 nitrogen and oxygen atoms in total. The van der Waals surface area contributed by atoms with Gasteiger partial charge in [-0.2, -0.15) is 0 Å². The molecular weight excluding hydrogens is 270 g/mol. The van der Waals surface area contributed by atoms with Crippen LogP contribution < -0.4 is 5.32 Å². The number of carbonyl (C=O) groups is 2. The lowest BCUT2D eigenvalue weighted by molar-refractivity contribution is -0.150. The molecule has 0 saturated carbocycles. The van der Waals surface area contributed by atoms with Crippen molar-refractivity contribution in [2.24, 2.45) is 0 Å². The minimum atomic E-state index is -1.03. The summed E-state index contributed by atoms with van der Waals surface area (Å²) in [6, 6.07) is 5.21. The van der Waals surface area contributed by atoms with E-state index in [9.17, 15) is 9.59 Å². The highest BCUT2D eigenvalue weighted by Gasteiger charge is 2.34. The summed E-state index contributed by atoms with van der Waals surface area (Å²) >= 11 is 5.96. The zero-order valence-electron chi connectivity index (χ0n) is 10.4. The van der Waals surface area contributed by atoms with Crippen molar-refractivity contribution in [1.82, 2.24) is 0 Å². The van der Waals surface area contributed by atoms with Gasteiger partial charge in [0.05, 0.1) is 0 Å². The molecule has 2 atom stereocenters. The first kappa shape index (κ1) is 13.8. The van der Waals surface area contributed by atoms with Gasteiger partial charge in [0.1, 0.15) is 6.10 Å². The van der Waals surface area contributed by atoms with Crippen molar-refractivity contribution in [3.05, 3.63) is 28.8 Å². The predicted molar refractivity (Wildman–Crippen MR) is 70.3 cm³/mol. The van der Waals surface area contributed by atoms with Gasteiger partial charge in [-0.05, 0) is 37.5 Å². The molecule has 1 saturated heterocycles. The van der Waals surface area contributed by atoms with E-state index in [1.54, 1.807) is 25.1 Å². The largest absolute Gasteiger partial charge is 0.479 e. The third-order valence-electron chi connectivity index (χ3n) is 3.11. The van der Waals surface area contributed by atoms with Crippen molar-refractivity contribution in [3.8, 4) is 0 Å². The molecule has 2 rings (SSSR count). The first-order chi connectivity index (χ1) is 8.99. The van der Waals surface area contributed by atoms with Crippen molar-refractivity contribution >= 4 is 29.2 Å². The SMILES string of the molecule is Cc1c(Cl)cccc1NC(=O)C1CCC(C(=O)O)O1. The van der Waals surface area contributed by atoms with E-state index in [1.807, 2.05) is 0 Å². The zero-order valence-corrected chi connectivity index (χ0v) is 11.1. The molecular formula is C13H14ClNO4. The molecule has 1 amide bonds. The zero-order chi connectivity index (χ0) is 14.0. The molecule has 19 heavy (non-hydrogen) atoms. The Morgan fingerprint density at radius 3 is 2.68 bits per heavy atom. The van der Waals surface area contributed by atoms with Crippen LogP contribution in [0, 0.1) is 6.92 Å². The molecule has 2 N–H and O–H groups in total. The van der Waals surface area contributed by atoms with Crippen molar-refractivity contribution in [3.63, 3.8) is 0 Å². The van der Waals surface area contributed by atoms with Gasteiger partial charge in [0.2, 0.25) is 0 Å². The lowest BCUT2D eigenvalue weighted by Gasteiger charge is -2.13. The summed E-state index contributed by atoms with van der Waals surface area (Å²) in [5, 5.41) is 12.1. The minimum Gasteiger partial charge on any atom is -0.479 e. The van der Waals surface area contributed by atoms with Crippen molar-refractivity contribution in [2.75, 3.05) is 5.32 Å². The topological polar surface area (TPSA) is 75.6 Å². The molecule has 0 aliphatic carbocycles. The van der Waals surface area contributed by atoms with E-state index in [0.29, 0.717) is 23.6 Å². The smallest absolute Gasteiger partial charge is 0.332 e. The Labute approximate surface area is 115 Å². The lowest BCUT2D eigenvalue weighted by Crippen LogP contribution is -2.30. The molecule has 1 aromatic rings. The summed E-state index contributed by atoms with van der Waals surface area (Å²) in [5.74, 6) is -1.37. The van der Waals surface area contributed by atoms with Crippen molar-refractivity contribution in [2.45, 2.75) is 32.0 Å². The molecule has 0 radical (unpaired) electrons. The summed E-state index contributed by atoms with van der Waals surface area (Å²) in [7, 11) is 0. The van der Waals surface area contributed by atoms with Gasteiger partial charge in [-0.3, -0.25) is 4.79 Å². The second-order valence-corrected chi connectivity index (χ2v) is 4.84. The Hall–Kier alpha value is -1.59. The molecule has 6 heteroatoms. The van der Waals surface area contributed by atoms with Crippen LogP contribution in [0.5, 0.6) is 0 Å². The fourth-order valence-electron chi connectivity index (χ4n) is 1.97. The molecule has 0 bridgehead atoms. The number of nitrogens with one attached hydrogen (secondary N) is 1. The minimum absolute atomic E-state index is 0.339. The standard InChI is InChI=1S/C13H14ClNO4/c1-7-8(14)3-2-4-9(7)15-12(16)10-5-6-11(19-10)13(17)18/h2-4,10-11H,5-6H2,1H3,(H,15,16)(H,17,18). The van der Waals surface area contributed by atoms with Gasteiger partial charge in [-0.1, -0.05) is 17.7 Å². The number of hydrogen-bond donors (Lipinski definition) is 2. The fourth-order valence-corrected chi connectivity index (χ4v) is 2.14. The van der Waals surface area contributed by atoms with Crippen LogP contribution in [0.4, 0.5) is 5.69 Å². The van der Waals surface area contributed by atoms with Crippen molar-refractivity contribution < 1.29 is 19.4 Å². The van der Waals surface area contributed by atoms with Crippen LogP contribution in [-0.4, -0.2) is 29.2 Å². The van der Waals surface area contributed by atoms with E-state index in [-0.39, 0.29) is 5.91 Å². The van der Waals surface area contributed by atoms with Gasteiger partial charge in [0, 0.05) is 10.7 Å². The molecule has 1 aliphatic rings. The predicted octanol–water partition coefficient (Wildman–Crippen LogP) is 2.22. The first-order valence-corrected chi connectivity index (χ1v) is 6.31. The number of anilines is 1. The van der Waals surface area contributed by atoms with E-state index in [1.165, 1.54) is 0 Å². The normalized spacial score (nSPS) is 22.2. The molecule has 1 aromatic carbocycles. The second kappa shape index (κ2) is 5.59. The number of benzene rings is 1. The van der Waals surface area contributed by atoms with Gasteiger partial charge < -0.3 is 15.2 Å². The Balaban J connectivity index is 2.02. The summed E-state index contributed by atoms with van der Waals surface area (Å²) in [5.41, 5.74) is 1.38. The third kappa shape index (κ3) is 3.05. The van der Waals surface area contributed by atoms with Crippen LogP contribution in [0.15, 0.2) is 18.2 Å². The third-order valence-corrected chi connectivity index (χ3v) is 3.52. The highest BCUT2D eigenvalue weighted by molar-refractivity contribution is 6.31. The van der Waals surface area contributed by atoms with Crippen LogP contribution in [0.1, 0.15) is 18.4 Å². The average molecular weight is 284 g/mol. The number of amides is 1. The monoisotopic (exact) mass is 283 g/mol. The Bertz CT molecular complexity index is 517. The van der Waals surface area contributed by atoms with Gasteiger partial charge >= 0.3 is 5.97 Å². The summed E-state index contributed by atoms with van der Waals surface area (Å²) in [4.78, 5) is 22.7. The van der Waals surface area contributed by atoms with Gasteiger partial charge in [-0.15, -0.1) is 0 Å². The van der Waals surface area contributed by atoms with Gasteiger partial charge in [-0.25, -0.2) is 4.79 Å². The maximum atomic E-state index is 12.0. The highest BCUT2D eigenvalue weighted by Crippen LogP contribution is 2.25. The first-order valence-electron chi connectivity index (χ1n) is 5.93. The average Bonchev–Trinajstić information content (AvgIpc) is 2.84. The van der Waals surface area contributed by atoms with Crippen LogP contribution in [0.25, 0.3) is 0 Å². The number of hydrogen-bond acceptors (Lipinski definition) is 3. The number of halogens is 1. The Morgan fingerprint density at radius 2 is 2.05 bits per heavy atom. The van der Waals surface area contributed by atoms with Crippen LogP contribution >= 0.6 is 11.6 Å². The molecule has 1 heterocycles. The van der Waals surface area contributed by atoms with Crippen LogP contribution in [0.2, 0.25) is 5.02 Å². The van der Waals surface area contributed by atoms with Crippen LogP contribution in [0.3, 0.4) is 0 Å². The summed E-state index contributed by atoms with van der Waals surface area (Å²) < 4.78 is 5.18. The van der Waals surface area contributed by atoms with E-state index >= 15 is 0 Å². The van der Waals surface area contributed by atoms with Gasteiger partial charge in [0.15, 0.2) is 6.10 Å². The Kier molecular flexibility index (Phi) is 4.07. The molecule has 2 unspecified atom stereocenters. The number of rotatable bonds is 3. The molecule has 0 spiro atoms. The lowest BCUT2D eigenvalue weighted by atomic mass is 10.1. The molecule has 102 valence electrons. The number of carboxylic acid groups (broad SMARTS) is 1. The maximum absolute atomic E-state index is 12.0. The fraction of sp³-hybridized carbons (Fsp3) is 0.385. The van der Waals surface area contributed by atoms with Crippen molar-refractivity contribution in [1.29, 1.82) is 0 Å². The quantitative estimate of drug-likeness (QED) is 0.892. The van der Waals surface area contributed by atoms with Crippen LogP contribution in [-0.2, 0) is 14.3 Å². The highest BCUT2D eigenvalue weighted by atomic mass is 35.5. The maximum Gasteiger partial charge on any atom is 0.332 e. The summed E-state index contributed by atoms with van der Waals surface area (Å²) in [6.07, 6.45) is -0.861. The van der Waals surface area contributed by atoms with E-state index in [2.05, 4.69) is 5.32 Å². The Morgan fingerprint density at radius 1 is 1.37 bits per heavy atom. The van der Waals surface area contributed by atoms with E-state index < -0.39 is 18.2 Å². The molecule has 1 fully saturated rings. The number of aliphatic carboxylic acids is 1. The van der Waals surface area contributed by atoms with E-state index in [0.717, 1.165) is 5.56 Å². The number of carbonyl (C=O) groups excluding carboxylic acids is 1.